The summed E-state index contributed by atoms with van der Waals surface area (Å²) in [5.41, 5.74) is 0.495. The van der Waals surface area contributed by atoms with Gasteiger partial charge in [-0.3, -0.25) is 4.68 Å². The topological polar surface area (TPSA) is 27.1 Å². The Morgan fingerprint density at radius 2 is 2.36 bits per heavy atom. The Morgan fingerprint density at radius 1 is 1.64 bits per heavy atom. The second-order valence-electron chi connectivity index (χ2n) is 2.69. The van der Waals surface area contributed by atoms with Crippen molar-refractivity contribution in [1.82, 2.24) is 9.78 Å². The monoisotopic (exact) mass is 224 g/mol. The molecule has 0 N–H and O–H groups in total. The summed E-state index contributed by atoms with van der Waals surface area (Å²) >= 11 is 5.79. The smallest absolute Gasteiger partial charge is 0.261 e. The summed E-state index contributed by atoms with van der Waals surface area (Å²) < 4.78 is 29.8. The van der Waals surface area contributed by atoms with Crippen LogP contribution in [0.15, 0.2) is 6.20 Å². The third-order valence-electron chi connectivity index (χ3n) is 1.59. The number of halogens is 3. The molecule has 1 aromatic rings. The number of hydrogen-bond donors (Lipinski definition) is 0. The molecule has 0 aliphatic heterocycles. The molecular formula is C8H11ClF2N2O. The van der Waals surface area contributed by atoms with Crippen molar-refractivity contribution >= 4 is 11.6 Å². The number of aryl methyl sites for hydroxylation is 1. The van der Waals surface area contributed by atoms with Gasteiger partial charge in [-0.2, -0.15) is 5.10 Å². The van der Waals surface area contributed by atoms with Gasteiger partial charge in [-0.05, 0) is 6.92 Å². The largest absolute Gasteiger partial charge is 0.369 e. The number of rotatable bonds is 5. The maximum absolute atomic E-state index is 11.7. The minimum absolute atomic E-state index is 0.0240. The van der Waals surface area contributed by atoms with Crippen LogP contribution in [0.2, 0.25) is 5.02 Å². The van der Waals surface area contributed by atoms with Crippen LogP contribution in [0, 0.1) is 0 Å². The molecule has 1 rings (SSSR count). The van der Waals surface area contributed by atoms with Crippen molar-refractivity contribution in [3.8, 4) is 0 Å². The zero-order valence-electron chi connectivity index (χ0n) is 7.71. The van der Waals surface area contributed by atoms with Gasteiger partial charge in [0.1, 0.15) is 12.3 Å². The lowest BCUT2D eigenvalue weighted by atomic mass is 10.5. The van der Waals surface area contributed by atoms with Crippen molar-refractivity contribution in [1.29, 1.82) is 0 Å². The van der Waals surface area contributed by atoms with Gasteiger partial charge in [0.05, 0.1) is 11.6 Å². The van der Waals surface area contributed by atoms with Crippen molar-refractivity contribution in [3.05, 3.63) is 16.9 Å². The van der Waals surface area contributed by atoms with E-state index < -0.39 is 13.0 Å². The second-order valence-corrected chi connectivity index (χ2v) is 3.09. The fourth-order valence-electron chi connectivity index (χ4n) is 0.942. The lowest BCUT2D eigenvalue weighted by Gasteiger charge is -2.00. The first-order valence-corrected chi connectivity index (χ1v) is 4.59. The molecule has 0 aliphatic carbocycles. The summed E-state index contributed by atoms with van der Waals surface area (Å²) in [7, 11) is 0. The molecule has 0 amide bonds. The molecule has 0 radical (unpaired) electrons. The number of aromatic nitrogens is 2. The van der Waals surface area contributed by atoms with E-state index in [1.807, 2.05) is 6.92 Å². The summed E-state index contributed by atoms with van der Waals surface area (Å²) in [6.07, 6.45) is -0.815. The van der Waals surface area contributed by atoms with E-state index in [0.29, 0.717) is 17.3 Å². The van der Waals surface area contributed by atoms with Gasteiger partial charge in [-0.25, -0.2) is 8.78 Å². The van der Waals surface area contributed by atoms with Crippen LogP contribution in [0.3, 0.4) is 0 Å². The Balaban J connectivity index is 2.45. The van der Waals surface area contributed by atoms with E-state index in [0.717, 1.165) is 0 Å². The molecule has 0 bridgehead atoms. The van der Waals surface area contributed by atoms with Crippen molar-refractivity contribution in [3.63, 3.8) is 0 Å². The molecule has 14 heavy (non-hydrogen) atoms. The summed E-state index contributed by atoms with van der Waals surface area (Å²) in [4.78, 5) is 0. The molecule has 0 saturated carbocycles. The number of nitrogens with zero attached hydrogens (tertiary/aromatic N) is 2. The van der Waals surface area contributed by atoms with E-state index in [1.54, 1.807) is 10.9 Å². The standard InChI is InChI=1S/C8H11ClF2N2O/c1-2-13-3-6(9)7(12-13)4-14-5-8(10)11/h3,8H,2,4-5H2,1H3. The predicted molar refractivity (Wildman–Crippen MR) is 48.6 cm³/mol. The average molecular weight is 225 g/mol. The lowest BCUT2D eigenvalue weighted by Crippen LogP contribution is -2.05. The van der Waals surface area contributed by atoms with Crippen molar-refractivity contribution in [2.24, 2.45) is 0 Å². The highest BCUT2D eigenvalue weighted by molar-refractivity contribution is 6.31. The minimum atomic E-state index is -2.46. The first kappa shape index (κ1) is 11.4. The van der Waals surface area contributed by atoms with Gasteiger partial charge in [-0.15, -0.1) is 0 Å². The highest BCUT2D eigenvalue weighted by Gasteiger charge is 2.08. The van der Waals surface area contributed by atoms with Gasteiger partial charge in [0.15, 0.2) is 0 Å². The van der Waals surface area contributed by atoms with Gasteiger partial charge in [0, 0.05) is 12.7 Å². The van der Waals surface area contributed by atoms with Crippen molar-refractivity contribution in [2.75, 3.05) is 6.61 Å². The van der Waals surface area contributed by atoms with Crippen LogP contribution in [0.4, 0.5) is 8.78 Å². The summed E-state index contributed by atoms with van der Waals surface area (Å²) in [5, 5.41) is 4.49. The van der Waals surface area contributed by atoms with Crippen LogP contribution >= 0.6 is 11.6 Å². The third kappa shape index (κ3) is 3.23. The fourth-order valence-corrected chi connectivity index (χ4v) is 1.15. The normalized spacial score (nSPS) is 11.2. The molecule has 0 atom stereocenters. The van der Waals surface area contributed by atoms with Gasteiger partial charge < -0.3 is 4.74 Å². The first-order valence-electron chi connectivity index (χ1n) is 4.21. The Labute approximate surface area is 85.6 Å². The van der Waals surface area contributed by atoms with Crippen molar-refractivity contribution in [2.45, 2.75) is 26.5 Å². The number of alkyl halides is 2. The molecule has 0 unspecified atom stereocenters. The van der Waals surface area contributed by atoms with Gasteiger partial charge in [0.2, 0.25) is 0 Å². The molecule has 0 aliphatic rings. The van der Waals surface area contributed by atoms with Crippen molar-refractivity contribution < 1.29 is 13.5 Å². The molecule has 0 spiro atoms. The molecule has 0 aromatic carbocycles. The SMILES string of the molecule is CCn1cc(Cl)c(COCC(F)F)n1. The van der Waals surface area contributed by atoms with Crippen LogP contribution in [-0.4, -0.2) is 22.8 Å². The highest BCUT2D eigenvalue weighted by atomic mass is 35.5. The molecule has 3 nitrogen and oxygen atoms in total. The summed E-state index contributed by atoms with van der Waals surface area (Å²) in [5.74, 6) is 0. The minimum Gasteiger partial charge on any atom is -0.369 e. The molecule has 80 valence electrons. The van der Waals surface area contributed by atoms with Crippen LogP contribution in [0.5, 0.6) is 0 Å². The molecule has 0 fully saturated rings. The maximum atomic E-state index is 11.7. The Bertz CT molecular complexity index is 291. The first-order chi connectivity index (χ1) is 6.63. The van der Waals surface area contributed by atoms with Gasteiger partial charge >= 0.3 is 0 Å². The Kier molecular flexibility index (Phi) is 4.28. The quantitative estimate of drug-likeness (QED) is 0.768. The zero-order valence-corrected chi connectivity index (χ0v) is 8.47. The summed E-state index contributed by atoms with van der Waals surface area (Å²) in [6, 6.07) is 0. The lowest BCUT2D eigenvalue weighted by molar-refractivity contribution is 0.00871. The van der Waals surface area contributed by atoms with E-state index in [9.17, 15) is 8.78 Å². The zero-order chi connectivity index (χ0) is 10.6. The Morgan fingerprint density at radius 3 is 2.86 bits per heavy atom. The number of hydrogen-bond acceptors (Lipinski definition) is 2. The fraction of sp³-hybridized carbons (Fsp3) is 0.625. The third-order valence-corrected chi connectivity index (χ3v) is 1.91. The van der Waals surface area contributed by atoms with E-state index in [1.165, 1.54) is 0 Å². The molecule has 6 heteroatoms. The Hall–Kier alpha value is -0.680. The van der Waals surface area contributed by atoms with E-state index in [-0.39, 0.29) is 6.61 Å². The second kappa shape index (κ2) is 5.26. The molecule has 0 saturated heterocycles. The van der Waals surface area contributed by atoms with E-state index >= 15 is 0 Å². The van der Waals surface area contributed by atoms with Crippen LogP contribution in [0.25, 0.3) is 0 Å². The van der Waals surface area contributed by atoms with Gasteiger partial charge in [-0.1, -0.05) is 11.6 Å². The predicted octanol–water partition coefficient (Wildman–Crippen LogP) is 2.34. The van der Waals surface area contributed by atoms with E-state index in [4.69, 9.17) is 16.3 Å². The maximum Gasteiger partial charge on any atom is 0.261 e. The van der Waals surface area contributed by atoms with Crippen LogP contribution < -0.4 is 0 Å². The molecular weight excluding hydrogens is 214 g/mol. The van der Waals surface area contributed by atoms with E-state index in [2.05, 4.69) is 5.10 Å². The van der Waals surface area contributed by atoms with Crippen LogP contribution in [-0.2, 0) is 17.9 Å². The molecule has 1 heterocycles. The number of ether oxygens (including phenoxy) is 1. The highest BCUT2D eigenvalue weighted by Crippen LogP contribution is 2.14. The van der Waals surface area contributed by atoms with Gasteiger partial charge in [0.25, 0.3) is 6.43 Å². The molecule has 1 aromatic heterocycles. The summed E-state index contributed by atoms with van der Waals surface area (Å²) in [6.45, 7) is 2.03. The van der Waals surface area contributed by atoms with Crippen LogP contribution in [0.1, 0.15) is 12.6 Å². The average Bonchev–Trinajstić information content (AvgIpc) is 2.47.